The Hall–Kier alpha value is -3.81. The second-order valence-electron chi connectivity index (χ2n) is 6.36. The number of nitrogens with one attached hydrogen (secondary N) is 1. The first-order valence-electron chi connectivity index (χ1n) is 8.98. The minimum Gasteiger partial charge on any atom is -0.454 e. The number of carbonyl (C=O) groups is 2. The zero-order chi connectivity index (χ0) is 20.2. The van der Waals surface area contributed by atoms with Crippen molar-refractivity contribution >= 4 is 29.1 Å². The highest BCUT2D eigenvalue weighted by Crippen LogP contribution is 2.34. The van der Waals surface area contributed by atoms with Crippen LogP contribution in [0.1, 0.15) is 24.4 Å². The van der Waals surface area contributed by atoms with E-state index in [2.05, 4.69) is 10.3 Å². The maximum Gasteiger partial charge on any atom is 0.331 e. The Bertz CT molecular complexity index is 1050. The summed E-state index contributed by atoms with van der Waals surface area (Å²) >= 11 is 0. The lowest BCUT2D eigenvalue weighted by Gasteiger charge is -2.14. The van der Waals surface area contributed by atoms with E-state index in [1.54, 1.807) is 18.2 Å². The molecule has 0 radical (unpaired) electrons. The van der Waals surface area contributed by atoms with E-state index in [1.165, 1.54) is 12.2 Å². The fourth-order valence-corrected chi connectivity index (χ4v) is 2.83. The van der Waals surface area contributed by atoms with Crippen LogP contribution in [0.15, 0.2) is 53.0 Å². The van der Waals surface area contributed by atoms with Gasteiger partial charge in [0.15, 0.2) is 23.7 Å². The lowest BCUT2D eigenvalue weighted by Crippen LogP contribution is -2.30. The van der Waals surface area contributed by atoms with Gasteiger partial charge in [-0.3, -0.25) is 4.79 Å². The summed E-state index contributed by atoms with van der Waals surface area (Å²) in [5, 5.41) is 2.77. The van der Waals surface area contributed by atoms with E-state index in [0.29, 0.717) is 22.6 Å². The maximum atomic E-state index is 12.1. The van der Waals surface area contributed by atoms with Crippen LogP contribution in [0.3, 0.4) is 0 Å². The molecule has 1 N–H and O–H groups in total. The zero-order valence-corrected chi connectivity index (χ0v) is 15.6. The van der Waals surface area contributed by atoms with Gasteiger partial charge in [0.25, 0.3) is 5.91 Å². The molecule has 8 nitrogen and oxygen atoms in total. The minimum absolute atomic E-state index is 0.187. The summed E-state index contributed by atoms with van der Waals surface area (Å²) in [4.78, 5) is 28.1. The number of carbonyl (C=O) groups excluding carboxylic acids is 2. The van der Waals surface area contributed by atoms with Gasteiger partial charge in [-0.25, -0.2) is 9.78 Å². The Labute approximate surface area is 166 Å². The van der Waals surface area contributed by atoms with E-state index >= 15 is 0 Å². The molecule has 0 unspecified atom stereocenters. The molecular formula is C21H18N2O6. The summed E-state index contributed by atoms with van der Waals surface area (Å²) in [7, 11) is 0. The van der Waals surface area contributed by atoms with Crippen LogP contribution in [0.4, 0.5) is 0 Å². The molecule has 1 atom stereocenters. The lowest BCUT2D eigenvalue weighted by molar-refractivity contribution is -0.144. The van der Waals surface area contributed by atoms with Gasteiger partial charge in [-0.15, -0.1) is 0 Å². The largest absolute Gasteiger partial charge is 0.454 e. The number of fused-ring (bicyclic) bond motifs is 2. The monoisotopic (exact) mass is 394 g/mol. The first-order valence-corrected chi connectivity index (χ1v) is 8.98. The van der Waals surface area contributed by atoms with Gasteiger partial charge in [-0.1, -0.05) is 18.2 Å². The molecule has 8 heteroatoms. The number of esters is 1. The van der Waals surface area contributed by atoms with Gasteiger partial charge in [0.05, 0.1) is 6.04 Å². The van der Waals surface area contributed by atoms with Crippen LogP contribution >= 0.6 is 0 Å². The van der Waals surface area contributed by atoms with Crippen molar-refractivity contribution in [3.8, 4) is 11.5 Å². The molecule has 0 spiro atoms. The molecule has 2 aromatic carbocycles. The van der Waals surface area contributed by atoms with Crippen molar-refractivity contribution < 1.29 is 28.2 Å². The highest BCUT2D eigenvalue weighted by Gasteiger charge is 2.17. The second kappa shape index (κ2) is 8.05. The molecule has 0 saturated carbocycles. The predicted octanol–water partition coefficient (Wildman–Crippen LogP) is 2.99. The van der Waals surface area contributed by atoms with E-state index < -0.39 is 18.5 Å². The number of oxazole rings is 1. The summed E-state index contributed by atoms with van der Waals surface area (Å²) in [6.07, 6.45) is 2.56. The standard InChI is InChI=1S/C21H18N2O6/c1-13(14-6-7-17-18(10-14)28-12-27-17)22-19(24)11-26-21(25)9-8-20-23-15-4-2-3-5-16(15)29-20/h2-10,13H,11-12H2,1H3,(H,22,24)/b9-8+/t13-/m1/s1. The van der Waals surface area contributed by atoms with Gasteiger partial charge < -0.3 is 23.9 Å². The Kier molecular flexibility index (Phi) is 5.15. The van der Waals surface area contributed by atoms with Crippen LogP contribution in [-0.4, -0.2) is 30.3 Å². The average molecular weight is 394 g/mol. The van der Waals surface area contributed by atoms with Crippen molar-refractivity contribution in [2.75, 3.05) is 13.4 Å². The number of aromatic nitrogens is 1. The Morgan fingerprint density at radius 2 is 2.03 bits per heavy atom. The van der Waals surface area contributed by atoms with Gasteiger partial charge >= 0.3 is 5.97 Å². The smallest absolute Gasteiger partial charge is 0.331 e. The van der Waals surface area contributed by atoms with Crippen LogP contribution in [0.2, 0.25) is 0 Å². The summed E-state index contributed by atoms with van der Waals surface area (Å²) in [6.45, 7) is 1.61. The van der Waals surface area contributed by atoms with Crippen molar-refractivity contribution in [2.24, 2.45) is 0 Å². The summed E-state index contributed by atoms with van der Waals surface area (Å²) in [5.74, 6) is 0.507. The Balaban J connectivity index is 1.27. The number of ether oxygens (including phenoxy) is 3. The van der Waals surface area contributed by atoms with Crippen LogP contribution in [0.5, 0.6) is 11.5 Å². The van der Waals surface area contributed by atoms with E-state index in [1.807, 2.05) is 31.2 Å². The third kappa shape index (κ3) is 4.37. The summed E-state index contributed by atoms with van der Waals surface area (Å²) in [5.41, 5.74) is 2.17. The van der Waals surface area contributed by atoms with Crippen LogP contribution in [0, 0.1) is 0 Å². The zero-order valence-electron chi connectivity index (χ0n) is 15.6. The van der Waals surface area contributed by atoms with E-state index in [-0.39, 0.29) is 18.7 Å². The van der Waals surface area contributed by atoms with Crippen molar-refractivity contribution in [3.63, 3.8) is 0 Å². The molecule has 1 aliphatic rings. The number of amides is 1. The van der Waals surface area contributed by atoms with Crippen LogP contribution < -0.4 is 14.8 Å². The topological polar surface area (TPSA) is 99.9 Å². The summed E-state index contributed by atoms with van der Waals surface area (Å²) in [6, 6.07) is 12.4. The lowest BCUT2D eigenvalue weighted by atomic mass is 10.1. The van der Waals surface area contributed by atoms with E-state index in [0.717, 1.165) is 5.56 Å². The van der Waals surface area contributed by atoms with Crippen molar-refractivity contribution in [2.45, 2.75) is 13.0 Å². The maximum absolute atomic E-state index is 12.1. The molecule has 1 aliphatic heterocycles. The molecule has 0 aliphatic carbocycles. The third-order valence-electron chi connectivity index (χ3n) is 4.29. The molecule has 4 rings (SSSR count). The number of rotatable bonds is 6. The molecule has 148 valence electrons. The molecule has 0 fully saturated rings. The predicted molar refractivity (Wildman–Crippen MR) is 103 cm³/mol. The number of nitrogens with zero attached hydrogens (tertiary/aromatic N) is 1. The first-order chi connectivity index (χ1) is 14.1. The second-order valence-corrected chi connectivity index (χ2v) is 6.36. The Morgan fingerprint density at radius 3 is 2.90 bits per heavy atom. The molecule has 0 saturated heterocycles. The van der Waals surface area contributed by atoms with Gasteiger partial charge in [-0.2, -0.15) is 0 Å². The number of hydrogen-bond acceptors (Lipinski definition) is 7. The van der Waals surface area contributed by atoms with Gasteiger partial charge in [0.2, 0.25) is 12.7 Å². The molecular weight excluding hydrogens is 376 g/mol. The molecule has 29 heavy (non-hydrogen) atoms. The van der Waals surface area contributed by atoms with E-state index in [9.17, 15) is 9.59 Å². The highest BCUT2D eigenvalue weighted by molar-refractivity contribution is 5.89. The molecule has 0 bridgehead atoms. The van der Waals surface area contributed by atoms with Gasteiger partial charge in [0.1, 0.15) is 5.52 Å². The average Bonchev–Trinajstić information content (AvgIpc) is 3.36. The number of hydrogen-bond donors (Lipinski definition) is 1. The van der Waals surface area contributed by atoms with Crippen molar-refractivity contribution in [1.82, 2.24) is 10.3 Å². The Morgan fingerprint density at radius 1 is 1.21 bits per heavy atom. The third-order valence-corrected chi connectivity index (χ3v) is 4.29. The number of para-hydroxylation sites is 2. The molecule has 2 heterocycles. The van der Waals surface area contributed by atoms with Crippen LogP contribution in [-0.2, 0) is 14.3 Å². The summed E-state index contributed by atoms with van der Waals surface area (Å²) < 4.78 is 21.0. The first kappa shape index (κ1) is 18.5. The van der Waals surface area contributed by atoms with E-state index in [4.69, 9.17) is 18.6 Å². The van der Waals surface area contributed by atoms with Crippen molar-refractivity contribution in [3.05, 3.63) is 60.0 Å². The quantitative estimate of drug-likeness (QED) is 0.507. The SMILES string of the molecule is C[C@@H](NC(=O)COC(=O)/C=C/c1nc2ccccc2o1)c1ccc2c(c1)OCO2. The van der Waals surface area contributed by atoms with Crippen LogP contribution in [0.25, 0.3) is 17.2 Å². The fourth-order valence-electron chi connectivity index (χ4n) is 2.83. The highest BCUT2D eigenvalue weighted by atomic mass is 16.7. The van der Waals surface area contributed by atoms with Gasteiger partial charge in [-0.05, 0) is 36.8 Å². The fraction of sp³-hybridized carbons (Fsp3) is 0.190. The number of benzene rings is 2. The molecule has 1 amide bonds. The molecule has 3 aromatic rings. The van der Waals surface area contributed by atoms with Crippen molar-refractivity contribution in [1.29, 1.82) is 0 Å². The molecule has 1 aromatic heterocycles. The minimum atomic E-state index is -0.668. The van der Waals surface area contributed by atoms with Gasteiger partial charge in [0, 0.05) is 12.2 Å². The normalized spacial score (nSPS) is 13.6.